The first kappa shape index (κ1) is 20.7. The zero-order valence-corrected chi connectivity index (χ0v) is 16.0. The molecule has 9 heteroatoms. The number of H-pyrrole nitrogens is 1. The number of carbonyl (C=O) groups is 1. The lowest BCUT2D eigenvalue weighted by atomic mass is 10.1. The number of carbonyl (C=O) groups excluding carboxylic acids is 1. The first-order valence-corrected chi connectivity index (χ1v) is 8.98. The molecular weight excluding hydrogens is 385 g/mol. The third kappa shape index (κ3) is 5.26. The fourth-order valence-electron chi connectivity index (χ4n) is 2.74. The number of alkyl halides is 3. The largest absolute Gasteiger partial charge is 0.493 e. The lowest BCUT2D eigenvalue weighted by Gasteiger charge is -2.10. The van der Waals surface area contributed by atoms with Gasteiger partial charge in [0.05, 0.1) is 17.7 Å². The molecule has 2 N–H and O–H groups in total. The van der Waals surface area contributed by atoms with Gasteiger partial charge in [0.2, 0.25) is 0 Å². The summed E-state index contributed by atoms with van der Waals surface area (Å²) in [4.78, 5) is 14.4. The summed E-state index contributed by atoms with van der Waals surface area (Å²) in [5.41, 5.74) is -0.0230. The van der Waals surface area contributed by atoms with E-state index in [9.17, 15) is 18.0 Å². The normalized spacial score (nSPS) is 11.8. The number of benzene rings is 2. The van der Waals surface area contributed by atoms with Crippen LogP contribution in [0.2, 0.25) is 0 Å². The number of rotatable bonds is 7. The van der Waals surface area contributed by atoms with Crippen molar-refractivity contribution in [2.75, 3.05) is 32.6 Å². The molecule has 0 saturated carbocycles. The van der Waals surface area contributed by atoms with Gasteiger partial charge in [0.25, 0.3) is 5.91 Å². The van der Waals surface area contributed by atoms with Crippen molar-refractivity contribution < 1.29 is 22.7 Å². The predicted octanol–water partition coefficient (Wildman–Crippen LogP) is 4.16. The quantitative estimate of drug-likeness (QED) is 0.578. The Morgan fingerprint density at radius 3 is 2.55 bits per heavy atom. The molecule has 1 heterocycles. The number of nitrogens with one attached hydrogen (secondary N) is 2. The van der Waals surface area contributed by atoms with E-state index >= 15 is 0 Å². The number of ether oxygens (including phenoxy) is 1. The van der Waals surface area contributed by atoms with Gasteiger partial charge in [0.1, 0.15) is 5.75 Å². The van der Waals surface area contributed by atoms with Crippen molar-refractivity contribution in [3.63, 3.8) is 0 Å². The Labute approximate surface area is 165 Å². The van der Waals surface area contributed by atoms with Crippen molar-refractivity contribution in [3.05, 3.63) is 53.6 Å². The third-order valence-corrected chi connectivity index (χ3v) is 4.26. The molecule has 0 fully saturated rings. The van der Waals surface area contributed by atoms with E-state index in [1.165, 1.54) is 0 Å². The van der Waals surface area contributed by atoms with Crippen LogP contribution < -0.4 is 10.1 Å². The second-order valence-corrected chi connectivity index (χ2v) is 6.81. The molecule has 0 aliphatic carbocycles. The van der Waals surface area contributed by atoms with E-state index in [0.29, 0.717) is 29.1 Å². The molecule has 1 aromatic heterocycles. The molecule has 2 aromatic carbocycles. The van der Waals surface area contributed by atoms with Crippen molar-refractivity contribution in [3.8, 4) is 5.75 Å². The van der Waals surface area contributed by atoms with E-state index in [1.807, 2.05) is 14.1 Å². The first-order chi connectivity index (χ1) is 13.7. The number of amides is 1. The van der Waals surface area contributed by atoms with Gasteiger partial charge in [0.15, 0.2) is 5.82 Å². The lowest BCUT2D eigenvalue weighted by Crippen LogP contribution is -2.15. The Hall–Kier alpha value is -3.07. The number of aromatic amines is 1. The maximum absolute atomic E-state index is 12.6. The van der Waals surface area contributed by atoms with E-state index in [0.717, 1.165) is 37.2 Å². The highest BCUT2D eigenvalue weighted by molar-refractivity contribution is 6.07. The van der Waals surface area contributed by atoms with Crippen LogP contribution in [0.4, 0.5) is 19.0 Å². The number of fused-ring (bicyclic) bond motifs is 1. The van der Waals surface area contributed by atoms with Crippen LogP contribution in [-0.2, 0) is 6.18 Å². The van der Waals surface area contributed by atoms with Gasteiger partial charge < -0.3 is 15.0 Å². The van der Waals surface area contributed by atoms with Crippen LogP contribution in [0.5, 0.6) is 5.75 Å². The summed E-state index contributed by atoms with van der Waals surface area (Å²) in [6.07, 6.45) is -3.55. The Morgan fingerprint density at radius 1 is 1.17 bits per heavy atom. The van der Waals surface area contributed by atoms with E-state index in [2.05, 4.69) is 20.4 Å². The SMILES string of the molecule is CN(C)CCCOc1ccc2c(NC(=O)c3ccc(C(F)(F)F)cc3)n[nH]c2c1. The van der Waals surface area contributed by atoms with Crippen molar-refractivity contribution in [2.45, 2.75) is 12.6 Å². The number of anilines is 1. The Kier molecular flexibility index (Phi) is 6.07. The van der Waals surface area contributed by atoms with Gasteiger partial charge >= 0.3 is 6.18 Å². The van der Waals surface area contributed by atoms with Crippen LogP contribution in [0.15, 0.2) is 42.5 Å². The van der Waals surface area contributed by atoms with Gasteiger partial charge in [-0.2, -0.15) is 18.3 Å². The van der Waals surface area contributed by atoms with Gasteiger partial charge in [-0.3, -0.25) is 9.89 Å². The fourth-order valence-corrected chi connectivity index (χ4v) is 2.74. The average molecular weight is 406 g/mol. The lowest BCUT2D eigenvalue weighted by molar-refractivity contribution is -0.137. The van der Waals surface area contributed by atoms with Crippen LogP contribution in [0, 0.1) is 0 Å². The maximum atomic E-state index is 12.6. The van der Waals surface area contributed by atoms with Crippen molar-refractivity contribution in [1.82, 2.24) is 15.1 Å². The standard InChI is InChI=1S/C20H21F3N4O2/c1-27(2)10-3-11-29-15-8-9-16-17(12-15)25-26-18(16)24-19(28)13-4-6-14(7-5-13)20(21,22)23/h4-9,12H,3,10-11H2,1-2H3,(H2,24,25,26,28). The first-order valence-electron chi connectivity index (χ1n) is 8.98. The van der Waals surface area contributed by atoms with Gasteiger partial charge in [-0.05, 0) is 56.9 Å². The van der Waals surface area contributed by atoms with E-state index in [4.69, 9.17) is 4.74 Å². The van der Waals surface area contributed by atoms with Gasteiger partial charge in [0, 0.05) is 23.6 Å². The molecule has 3 aromatic rings. The number of halogens is 3. The predicted molar refractivity (Wildman–Crippen MR) is 104 cm³/mol. The molecule has 1 amide bonds. The summed E-state index contributed by atoms with van der Waals surface area (Å²) in [6.45, 7) is 1.50. The van der Waals surface area contributed by atoms with Crippen LogP contribution in [-0.4, -0.2) is 48.3 Å². The second-order valence-electron chi connectivity index (χ2n) is 6.81. The molecule has 0 saturated heterocycles. The highest BCUT2D eigenvalue weighted by Crippen LogP contribution is 2.29. The van der Waals surface area contributed by atoms with E-state index in [1.54, 1.807) is 18.2 Å². The molecule has 0 unspecified atom stereocenters. The molecule has 154 valence electrons. The third-order valence-electron chi connectivity index (χ3n) is 4.26. The molecule has 6 nitrogen and oxygen atoms in total. The number of hydrogen-bond donors (Lipinski definition) is 2. The summed E-state index contributed by atoms with van der Waals surface area (Å²) < 4.78 is 43.6. The van der Waals surface area contributed by atoms with Crippen molar-refractivity contribution in [2.24, 2.45) is 0 Å². The highest BCUT2D eigenvalue weighted by atomic mass is 19.4. The molecule has 0 bridgehead atoms. The molecule has 29 heavy (non-hydrogen) atoms. The summed E-state index contributed by atoms with van der Waals surface area (Å²) in [6, 6.07) is 9.34. The summed E-state index contributed by atoms with van der Waals surface area (Å²) in [7, 11) is 3.99. The smallest absolute Gasteiger partial charge is 0.416 e. The van der Waals surface area contributed by atoms with Crippen molar-refractivity contribution in [1.29, 1.82) is 0 Å². The minimum Gasteiger partial charge on any atom is -0.493 e. The minimum atomic E-state index is -4.44. The number of aromatic nitrogens is 2. The zero-order chi connectivity index (χ0) is 21.0. The highest BCUT2D eigenvalue weighted by Gasteiger charge is 2.30. The van der Waals surface area contributed by atoms with Crippen LogP contribution in [0.25, 0.3) is 10.9 Å². The van der Waals surface area contributed by atoms with Crippen LogP contribution in [0.3, 0.4) is 0 Å². The van der Waals surface area contributed by atoms with E-state index < -0.39 is 17.6 Å². The molecule has 0 aliphatic rings. The van der Waals surface area contributed by atoms with Crippen LogP contribution >= 0.6 is 0 Å². The fraction of sp³-hybridized carbons (Fsp3) is 0.300. The monoisotopic (exact) mass is 406 g/mol. The van der Waals surface area contributed by atoms with Gasteiger partial charge in [-0.25, -0.2) is 0 Å². The second kappa shape index (κ2) is 8.52. The Morgan fingerprint density at radius 2 is 1.90 bits per heavy atom. The molecule has 0 atom stereocenters. The average Bonchev–Trinajstić information content (AvgIpc) is 3.06. The summed E-state index contributed by atoms with van der Waals surface area (Å²) in [5.74, 6) is 0.431. The number of hydrogen-bond acceptors (Lipinski definition) is 4. The molecule has 0 aliphatic heterocycles. The number of nitrogens with zero attached hydrogens (tertiary/aromatic N) is 2. The zero-order valence-electron chi connectivity index (χ0n) is 16.0. The van der Waals surface area contributed by atoms with Crippen molar-refractivity contribution >= 4 is 22.6 Å². The summed E-state index contributed by atoms with van der Waals surface area (Å²) >= 11 is 0. The van der Waals surface area contributed by atoms with E-state index in [-0.39, 0.29) is 5.56 Å². The minimum absolute atomic E-state index is 0.106. The topological polar surface area (TPSA) is 70.2 Å². The molecule has 3 rings (SSSR count). The Bertz CT molecular complexity index is 982. The molecular formula is C20H21F3N4O2. The van der Waals surface area contributed by atoms with Gasteiger partial charge in [-0.1, -0.05) is 0 Å². The van der Waals surface area contributed by atoms with Crippen LogP contribution in [0.1, 0.15) is 22.3 Å². The Balaban J connectivity index is 1.66. The maximum Gasteiger partial charge on any atom is 0.416 e. The molecule has 0 spiro atoms. The summed E-state index contributed by atoms with van der Waals surface area (Å²) in [5, 5.41) is 10.2. The van der Waals surface area contributed by atoms with Gasteiger partial charge in [-0.15, -0.1) is 0 Å². The molecule has 0 radical (unpaired) electrons.